The fraction of sp³-hybridized carbons (Fsp3) is 0.222. The van der Waals surface area contributed by atoms with Crippen molar-refractivity contribution in [2.24, 2.45) is 4.36 Å². The SMILES string of the molecule is CC/C=C(\[C@H](O)c1ccccc1)S(=O)(=NC)c1ccccc1. The van der Waals surface area contributed by atoms with Gasteiger partial charge in [-0.3, -0.25) is 0 Å². The second-order valence-electron chi connectivity index (χ2n) is 4.85. The molecule has 0 radical (unpaired) electrons. The standard InChI is InChI=1S/C18H21NO2S/c1-3-10-17(18(20)15-11-6-4-7-12-15)22(21,19-2)16-13-8-5-9-14-16/h4-14,18,20H,3H2,1-2H3/b17-10+/t18-,22?/m1/s1. The van der Waals surface area contributed by atoms with E-state index in [1.165, 1.54) is 7.05 Å². The fourth-order valence-electron chi connectivity index (χ4n) is 2.33. The van der Waals surface area contributed by atoms with Crippen LogP contribution in [0.3, 0.4) is 0 Å². The smallest absolute Gasteiger partial charge is 0.113 e. The summed E-state index contributed by atoms with van der Waals surface area (Å²) in [5, 5.41) is 10.7. The van der Waals surface area contributed by atoms with Crippen LogP contribution < -0.4 is 0 Å². The molecule has 2 aromatic rings. The zero-order valence-electron chi connectivity index (χ0n) is 12.8. The van der Waals surface area contributed by atoms with Crippen LogP contribution in [0.5, 0.6) is 0 Å². The van der Waals surface area contributed by atoms with E-state index in [2.05, 4.69) is 4.36 Å². The molecule has 0 amide bonds. The summed E-state index contributed by atoms with van der Waals surface area (Å²) in [6.45, 7) is 1.96. The van der Waals surface area contributed by atoms with Gasteiger partial charge in [-0.1, -0.05) is 61.5 Å². The summed E-state index contributed by atoms with van der Waals surface area (Å²) in [4.78, 5) is 1.07. The van der Waals surface area contributed by atoms with E-state index in [0.29, 0.717) is 16.2 Å². The van der Waals surface area contributed by atoms with E-state index < -0.39 is 15.8 Å². The van der Waals surface area contributed by atoms with E-state index in [4.69, 9.17) is 0 Å². The monoisotopic (exact) mass is 315 g/mol. The minimum absolute atomic E-state index is 0.454. The summed E-state index contributed by atoms with van der Waals surface area (Å²) in [7, 11) is -1.28. The van der Waals surface area contributed by atoms with E-state index >= 15 is 0 Å². The Morgan fingerprint density at radius 3 is 2.18 bits per heavy atom. The molecule has 0 saturated heterocycles. The zero-order chi connectivity index (χ0) is 16.0. The minimum atomic E-state index is -2.82. The Morgan fingerprint density at radius 1 is 1.14 bits per heavy atom. The van der Waals surface area contributed by atoms with Crippen molar-refractivity contribution in [2.45, 2.75) is 24.3 Å². The van der Waals surface area contributed by atoms with Crippen molar-refractivity contribution >= 4 is 9.73 Å². The van der Waals surface area contributed by atoms with Gasteiger partial charge in [-0.2, -0.15) is 0 Å². The predicted octanol–water partition coefficient (Wildman–Crippen LogP) is 4.17. The number of nitrogens with zero attached hydrogens (tertiary/aromatic N) is 1. The summed E-state index contributed by atoms with van der Waals surface area (Å²) in [5.74, 6) is 0. The van der Waals surface area contributed by atoms with Crippen LogP contribution in [-0.2, 0) is 9.73 Å². The predicted molar refractivity (Wildman–Crippen MR) is 91.0 cm³/mol. The fourth-order valence-corrected chi connectivity index (χ4v) is 4.38. The first-order chi connectivity index (χ1) is 10.6. The van der Waals surface area contributed by atoms with Gasteiger partial charge in [0.15, 0.2) is 0 Å². The third kappa shape index (κ3) is 3.29. The molecule has 1 unspecified atom stereocenters. The van der Waals surface area contributed by atoms with Crippen molar-refractivity contribution in [3.63, 3.8) is 0 Å². The van der Waals surface area contributed by atoms with Crippen LogP contribution in [0.1, 0.15) is 25.0 Å². The molecule has 2 atom stereocenters. The number of rotatable bonds is 5. The van der Waals surface area contributed by atoms with Gasteiger partial charge in [0.1, 0.15) is 15.8 Å². The van der Waals surface area contributed by atoms with Crippen LogP contribution in [0, 0.1) is 0 Å². The normalized spacial score (nSPS) is 15.9. The van der Waals surface area contributed by atoms with Crippen LogP contribution in [0.2, 0.25) is 0 Å². The number of hydrogen-bond acceptors (Lipinski definition) is 3. The second-order valence-corrected chi connectivity index (χ2v) is 7.21. The van der Waals surface area contributed by atoms with Crippen LogP contribution in [0.15, 0.2) is 80.9 Å². The average molecular weight is 315 g/mol. The van der Waals surface area contributed by atoms with Gasteiger partial charge in [0.05, 0.1) is 9.80 Å². The molecule has 4 heteroatoms. The first-order valence-electron chi connectivity index (χ1n) is 7.27. The van der Waals surface area contributed by atoms with E-state index in [-0.39, 0.29) is 0 Å². The van der Waals surface area contributed by atoms with Crippen LogP contribution in [-0.4, -0.2) is 16.4 Å². The van der Waals surface area contributed by atoms with E-state index in [9.17, 15) is 9.32 Å². The highest BCUT2D eigenvalue weighted by atomic mass is 32.2. The molecule has 2 rings (SSSR count). The van der Waals surface area contributed by atoms with Gasteiger partial charge in [-0.05, 0) is 24.1 Å². The highest BCUT2D eigenvalue weighted by molar-refractivity contribution is 7.97. The Bertz CT molecular complexity index is 745. The van der Waals surface area contributed by atoms with Crippen molar-refractivity contribution in [3.05, 3.63) is 77.2 Å². The Morgan fingerprint density at radius 2 is 1.68 bits per heavy atom. The second kappa shape index (κ2) is 7.38. The van der Waals surface area contributed by atoms with Gasteiger partial charge in [0.2, 0.25) is 0 Å². The minimum Gasteiger partial charge on any atom is -0.383 e. The molecule has 3 nitrogen and oxygen atoms in total. The summed E-state index contributed by atoms with van der Waals surface area (Å²) < 4.78 is 17.6. The third-order valence-corrected chi connectivity index (χ3v) is 5.88. The Kier molecular flexibility index (Phi) is 5.52. The first kappa shape index (κ1) is 16.5. The summed E-state index contributed by atoms with van der Waals surface area (Å²) in [5.41, 5.74) is 0.717. The largest absolute Gasteiger partial charge is 0.383 e. The average Bonchev–Trinajstić information content (AvgIpc) is 2.60. The topological polar surface area (TPSA) is 49.7 Å². The molecular formula is C18H21NO2S. The lowest BCUT2D eigenvalue weighted by Gasteiger charge is -2.19. The van der Waals surface area contributed by atoms with Gasteiger partial charge >= 0.3 is 0 Å². The van der Waals surface area contributed by atoms with E-state index in [0.717, 1.165) is 5.56 Å². The Balaban J connectivity index is 2.57. The molecule has 1 N–H and O–H groups in total. The van der Waals surface area contributed by atoms with Crippen molar-refractivity contribution in [1.82, 2.24) is 0 Å². The molecular weight excluding hydrogens is 294 g/mol. The molecule has 0 aliphatic rings. The van der Waals surface area contributed by atoms with Crippen LogP contribution in [0.25, 0.3) is 0 Å². The number of allylic oxidation sites excluding steroid dienone is 1. The van der Waals surface area contributed by atoms with E-state index in [1.54, 1.807) is 12.1 Å². The van der Waals surface area contributed by atoms with Gasteiger partial charge in [0.25, 0.3) is 0 Å². The van der Waals surface area contributed by atoms with E-state index in [1.807, 2.05) is 61.5 Å². The molecule has 0 bridgehead atoms. The highest BCUT2D eigenvalue weighted by Crippen LogP contribution is 2.32. The number of aliphatic hydroxyl groups is 1. The maximum Gasteiger partial charge on any atom is 0.113 e. The lowest BCUT2D eigenvalue weighted by molar-refractivity contribution is 0.223. The number of aliphatic hydroxyl groups excluding tert-OH is 1. The molecule has 0 aromatic heterocycles. The lowest BCUT2D eigenvalue weighted by Crippen LogP contribution is -2.13. The van der Waals surface area contributed by atoms with Gasteiger partial charge in [0, 0.05) is 7.05 Å². The lowest BCUT2D eigenvalue weighted by atomic mass is 10.1. The molecule has 0 fully saturated rings. The number of hydrogen-bond donors (Lipinski definition) is 1. The van der Waals surface area contributed by atoms with Crippen molar-refractivity contribution in [3.8, 4) is 0 Å². The van der Waals surface area contributed by atoms with Crippen LogP contribution in [0.4, 0.5) is 0 Å². The van der Waals surface area contributed by atoms with Crippen molar-refractivity contribution < 1.29 is 9.32 Å². The molecule has 22 heavy (non-hydrogen) atoms. The molecule has 0 aliphatic heterocycles. The maximum absolute atomic E-state index is 13.5. The van der Waals surface area contributed by atoms with Gasteiger partial charge in [-0.15, -0.1) is 0 Å². The molecule has 0 aliphatic carbocycles. The molecule has 0 saturated carbocycles. The van der Waals surface area contributed by atoms with Gasteiger partial charge < -0.3 is 5.11 Å². The highest BCUT2D eigenvalue weighted by Gasteiger charge is 2.25. The summed E-state index contributed by atoms with van der Waals surface area (Å²) >= 11 is 0. The summed E-state index contributed by atoms with van der Waals surface area (Å²) in [6.07, 6.45) is 1.57. The summed E-state index contributed by atoms with van der Waals surface area (Å²) in [6, 6.07) is 18.4. The molecule has 116 valence electrons. The molecule has 2 aromatic carbocycles. The maximum atomic E-state index is 13.5. The Hall–Kier alpha value is -1.91. The first-order valence-corrected chi connectivity index (χ1v) is 8.78. The van der Waals surface area contributed by atoms with Crippen molar-refractivity contribution in [2.75, 3.05) is 7.05 Å². The number of benzene rings is 2. The van der Waals surface area contributed by atoms with Crippen LogP contribution >= 0.6 is 0 Å². The Labute approximate surface area is 132 Å². The van der Waals surface area contributed by atoms with Crippen molar-refractivity contribution in [1.29, 1.82) is 0 Å². The van der Waals surface area contributed by atoms with Gasteiger partial charge in [-0.25, -0.2) is 8.57 Å². The quantitative estimate of drug-likeness (QED) is 0.900. The third-order valence-electron chi connectivity index (χ3n) is 3.43. The zero-order valence-corrected chi connectivity index (χ0v) is 13.7. The molecule has 0 spiro atoms. The molecule has 0 heterocycles.